The van der Waals surface area contributed by atoms with Gasteiger partial charge in [-0.2, -0.15) is 26.3 Å². The summed E-state index contributed by atoms with van der Waals surface area (Å²) < 4.78 is 89.1. The van der Waals surface area contributed by atoms with Gasteiger partial charge in [-0.25, -0.2) is 0 Å². The molecule has 1 aliphatic heterocycles. The summed E-state index contributed by atoms with van der Waals surface area (Å²) in [5, 5.41) is 9.40. The zero-order chi connectivity index (χ0) is 21.3. The number of ether oxygens (including phenoxy) is 2. The maximum atomic E-state index is 13.0. The average molecular weight is 420 g/mol. The fourth-order valence-electron chi connectivity index (χ4n) is 3.40. The lowest BCUT2D eigenvalue weighted by Gasteiger charge is -2.29. The van der Waals surface area contributed by atoms with Crippen LogP contribution in [0.15, 0.2) is 42.5 Å². The van der Waals surface area contributed by atoms with Crippen LogP contribution in [-0.4, -0.2) is 18.3 Å². The topological polar surface area (TPSA) is 38.7 Å². The summed E-state index contributed by atoms with van der Waals surface area (Å²) in [6.45, 7) is -0.533. The molecule has 1 atom stereocenters. The Morgan fingerprint density at radius 3 is 2.17 bits per heavy atom. The van der Waals surface area contributed by atoms with Crippen LogP contribution in [-0.2, 0) is 40.6 Å². The second-order valence-corrected chi connectivity index (χ2v) is 6.82. The third kappa shape index (κ3) is 4.73. The van der Waals surface area contributed by atoms with E-state index >= 15 is 0 Å². The van der Waals surface area contributed by atoms with E-state index in [0.717, 1.165) is 11.1 Å². The Morgan fingerprint density at radius 2 is 1.59 bits per heavy atom. The van der Waals surface area contributed by atoms with Crippen LogP contribution >= 0.6 is 0 Å². The summed E-state index contributed by atoms with van der Waals surface area (Å²) >= 11 is 0. The monoisotopic (exact) mass is 420 g/mol. The fraction of sp³-hybridized carbons (Fsp3) is 0.400. The summed E-state index contributed by atoms with van der Waals surface area (Å²) in [5.74, 6) is 0. The van der Waals surface area contributed by atoms with Crippen molar-refractivity contribution < 1.29 is 40.9 Å². The lowest BCUT2D eigenvalue weighted by molar-refractivity contribution is -0.143. The molecule has 1 aliphatic rings. The molecule has 0 aromatic heterocycles. The Hall–Kier alpha value is -2.10. The summed E-state index contributed by atoms with van der Waals surface area (Å²) in [5.41, 5.74) is -2.36. The lowest BCUT2D eigenvalue weighted by atomic mass is 9.90. The molecule has 1 unspecified atom stereocenters. The molecule has 0 saturated heterocycles. The molecule has 0 aliphatic carbocycles. The Bertz CT molecular complexity index is 826. The molecule has 3 rings (SSSR count). The molecule has 2 aromatic rings. The average Bonchev–Trinajstić information content (AvgIpc) is 2.99. The minimum absolute atomic E-state index is 0.0765. The number of hydrogen-bond donors (Lipinski definition) is 1. The molecular weight excluding hydrogens is 402 g/mol. The number of aliphatic hydroxyl groups is 1. The predicted molar refractivity (Wildman–Crippen MR) is 90.7 cm³/mol. The van der Waals surface area contributed by atoms with E-state index in [1.54, 1.807) is 12.1 Å². The molecule has 1 N–H and O–H groups in total. The SMILES string of the molecule is OCCC1(COCc2cc(C(F)(F)F)cc(C(F)(F)F)c2)OCc2ccccc21. The highest BCUT2D eigenvalue weighted by Gasteiger charge is 2.40. The second-order valence-electron chi connectivity index (χ2n) is 6.82. The van der Waals surface area contributed by atoms with Gasteiger partial charge in [-0.3, -0.25) is 0 Å². The van der Waals surface area contributed by atoms with Crippen molar-refractivity contribution in [1.82, 2.24) is 0 Å². The molecule has 1 heterocycles. The Morgan fingerprint density at radius 1 is 0.966 bits per heavy atom. The Labute approximate surface area is 162 Å². The van der Waals surface area contributed by atoms with E-state index < -0.39 is 35.7 Å². The minimum Gasteiger partial charge on any atom is -0.396 e. The van der Waals surface area contributed by atoms with Crippen molar-refractivity contribution in [2.75, 3.05) is 13.2 Å². The molecule has 158 valence electrons. The van der Waals surface area contributed by atoms with Crippen LogP contribution < -0.4 is 0 Å². The van der Waals surface area contributed by atoms with Crippen molar-refractivity contribution in [2.45, 2.75) is 37.6 Å². The molecule has 3 nitrogen and oxygen atoms in total. The number of rotatable bonds is 6. The smallest absolute Gasteiger partial charge is 0.396 e. The maximum Gasteiger partial charge on any atom is 0.416 e. The first kappa shape index (κ1) is 21.6. The van der Waals surface area contributed by atoms with Crippen LogP contribution in [0, 0.1) is 0 Å². The van der Waals surface area contributed by atoms with Crippen LogP contribution in [0.5, 0.6) is 0 Å². The van der Waals surface area contributed by atoms with Crippen LogP contribution in [0.25, 0.3) is 0 Å². The van der Waals surface area contributed by atoms with Gasteiger partial charge in [0.25, 0.3) is 0 Å². The van der Waals surface area contributed by atoms with Crippen molar-refractivity contribution in [3.05, 3.63) is 70.3 Å². The van der Waals surface area contributed by atoms with Crippen molar-refractivity contribution in [3.8, 4) is 0 Å². The van der Waals surface area contributed by atoms with E-state index in [0.29, 0.717) is 12.1 Å². The molecule has 0 bridgehead atoms. The standard InChI is InChI=1S/C20H18F6O3/c21-19(22,23)15-7-13(8-16(9-15)20(24,25)26)10-28-12-18(5-6-27)17-4-2-1-3-14(17)11-29-18/h1-4,7-9,27H,5-6,10-12H2. The zero-order valence-electron chi connectivity index (χ0n) is 15.1. The van der Waals surface area contributed by atoms with Gasteiger partial charge in [0.2, 0.25) is 0 Å². The normalized spacial score (nSPS) is 19.4. The van der Waals surface area contributed by atoms with Gasteiger partial charge in [0.15, 0.2) is 0 Å². The van der Waals surface area contributed by atoms with Gasteiger partial charge in [0.1, 0.15) is 5.60 Å². The van der Waals surface area contributed by atoms with E-state index in [1.165, 1.54) is 0 Å². The maximum absolute atomic E-state index is 13.0. The van der Waals surface area contributed by atoms with Crippen LogP contribution in [0.4, 0.5) is 26.3 Å². The zero-order valence-corrected chi connectivity index (χ0v) is 15.1. The van der Waals surface area contributed by atoms with Gasteiger partial charge in [0, 0.05) is 13.0 Å². The molecular formula is C20H18F6O3. The number of alkyl halides is 6. The first-order valence-corrected chi connectivity index (χ1v) is 8.74. The highest BCUT2D eigenvalue weighted by atomic mass is 19.4. The lowest BCUT2D eigenvalue weighted by Crippen LogP contribution is -2.32. The van der Waals surface area contributed by atoms with E-state index in [1.807, 2.05) is 12.1 Å². The van der Waals surface area contributed by atoms with E-state index in [2.05, 4.69) is 0 Å². The van der Waals surface area contributed by atoms with Crippen LogP contribution in [0.1, 0.15) is 34.2 Å². The van der Waals surface area contributed by atoms with Gasteiger partial charge < -0.3 is 14.6 Å². The summed E-state index contributed by atoms with van der Waals surface area (Å²) in [7, 11) is 0. The first-order valence-electron chi connectivity index (χ1n) is 8.74. The number of aliphatic hydroxyl groups excluding tert-OH is 1. The molecule has 0 spiro atoms. The minimum atomic E-state index is -4.92. The second kappa shape index (κ2) is 7.97. The van der Waals surface area contributed by atoms with Gasteiger partial charge >= 0.3 is 12.4 Å². The van der Waals surface area contributed by atoms with Crippen molar-refractivity contribution >= 4 is 0 Å². The highest BCUT2D eigenvalue weighted by Crippen LogP contribution is 2.40. The number of halogens is 6. The van der Waals surface area contributed by atoms with E-state index in [4.69, 9.17) is 9.47 Å². The number of fused-ring (bicyclic) bond motifs is 1. The molecule has 0 saturated carbocycles. The third-order valence-corrected chi connectivity index (χ3v) is 4.78. The van der Waals surface area contributed by atoms with Crippen LogP contribution in [0.2, 0.25) is 0 Å². The molecule has 29 heavy (non-hydrogen) atoms. The van der Waals surface area contributed by atoms with Crippen molar-refractivity contribution in [2.24, 2.45) is 0 Å². The van der Waals surface area contributed by atoms with E-state index in [-0.39, 0.29) is 37.9 Å². The van der Waals surface area contributed by atoms with E-state index in [9.17, 15) is 31.4 Å². The molecule has 0 amide bonds. The van der Waals surface area contributed by atoms with Gasteiger partial charge in [0.05, 0.1) is 30.9 Å². The molecule has 0 radical (unpaired) electrons. The van der Waals surface area contributed by atoms with Crippen LogP contribution in [0.3, 0.4) is 0 Å². The quantitative estimate of drug-likeness (QED) is 0.665. The van der Waals surface area contributed by atoms with Gasteiger partial charge in [-0.05, 0) is 34.9 Å². The number of hydrogen-bond acceptors (Lipinski definition) is 3. The Kier molecular flexibility index (Phi) is 5.93. The summed E-state index contributed by atoms with van der Waals surface area (Å²) in [6.07, 6.45) is -9.65. The summed E-state index contributed by atoms with van der Waals surface area (Å²) in [4.78, 5) is 0. The molecule has 0 fully saturated rings. The van der Waals surface area contributed by atoms with Crippen molar-refractivity contribution in [1.29, 1.82) is 0 Å². The van der Waals surface area contributed by atoms with Gasteiger partial charge in [-0.1, -0.05) is 24.3 Å². The van der Waals surface area contributed by atoms with Crippen molar-refractivity contribution in [3.63, 3.8) is 0 Å². The van der Waals surface area contributed by atoms with Gasteiger partial charge in [-0.15, -0.1) is 0 Å². The number of benzene rings is 2. The highest BCUT2D eigenvalue weighted by molar-refractivity contribution is 5.36. The Balaban J connectivity index is 1.81. The summed E-state index contributed by atoms with van der Waals surface area (Å²) in [6, 6.07) is 8.59. The molecule has 9 heteroatoms. The molecule has 2 aromatic carbocycles. The predicted octanol–water partition coefficient (Wildman–Crippen LogP) is 5.05. The fourth-order valence-corrected chi connectivity index (χ4v) is 3.40. The largest absolute Gasteiger partial charge is 0.416 e. The first-order chi connectivity index (χ1) is 13.5. The third-order valence-electron chi connectivity index (χ3n) is 4.78.